The van der Waals surface area contributed by atoms with Crippen molar-refractivity contribution < 1.29 is 22.4 Å². The number of hydrogen-bond acceptors (Lipinski definition) is 3. The van der Waals surface area contributed by atoms with Gasteiger partial charge in [0.05, 0.1) is 30.3 Å². The molecule has 0 unspecified atom stereocenters. The van der Waals surface area contributed by atoms with E-state index in [1.165, 1.54) is 0 Å². The third-order valence-corrected chi connectivity index (χ3v) is 2.29. The van der Waals surface area contributed by atoms with E-state index in [0.29, 0.717) is 18.2 Å². The molecule has 0 aliphatic heterocycles. The lowest BCUT2D eigenvalue weighted by atomic mass is 10.2. The maximum Gasteiger partial charge on any atom is 0.416 e. The summed E-state index contributed by atoms with van der Waals surface area (Å²) in [6, 6.07) is 3.70. The molecule has 0 heterocycles. The molecule has 1 amide bonds. The lowest BCUT2D eigenvalue weighted by molar-refractivity contribution is -0.137. The minimum absolute atomic E-state index is 0.115. The Bertz CT molecular complexity index is 522. The van der Waals surface area contributed by atoms with Gasteiger partial charge in [-0.3, -0.25) is 4.79 Å². The van der Waals surface area contributed by atoms with Gasteiger partial charge in [0.25, 0.3) is 0 Å². The zero-order valence-corrected chi connectivity index (χ0v) is 10.2. The summed E-state index contributed by atoms with van der Waals surface area (Å²) in [5, 5.41) is 12.9. The van der Waals surface area contributed by atoms with Crippen LogP contribution in [0.4, 0.5) is 23.2 Å². The second kappa shape index (κ2) is 6.75. The fourth-order valence-electron chi connectivity index (χ4n) is 1.33. The van der Waals surface area contributed by atoms with E-state index >= 15 is 0 Å². The number of hydrogen-bond donors (Lipinski definition) is 2. The molecule has 0 radical (unpaired) electrons. The van der Waals surface area contributed by atoms with Crippen molar-refractivity contribution in [2.24, 2.45) is 0 Å². The van der Waals surface area contributed by atoms with Crippen LogP contribution >= 0.6 is 0 Å². The number of nitrogens with one attached hydrogen (secondary N) is 2. The van der Waals surface area contributed by atoms with E-state index in [9.17, 15) is 22.4 Å². The van der Waals surface area contributed by atoms with Crippen molar-refractivity contribution in [3.05, 3.63) is 29.6 Å². The smallest absolute Gasteiger partial charge is 0.374 e. The van der Waals surface area contributed by atoms with Gasteiger partial charge >= 0.3 is 6.18 Å². The first-order valence-corrected chi connectivity index (χ1v) is 5.59. The number of halogens is 4. The zero-order chi connectivity index (χ0) is 15.2. The van der Waals surface area contributed by atoms with Crippen LogP contribution in [0.3, 0.4) is 0 Å². The van der Waals surface area contributed by atoms with E-state index in [0.717, 1.165) is 0 Å². The first-order valence-electron chi connectivity index (χ1n) is 5.59. The Hall–Kier alpha value is -2.30. The summed E-state index contributed by atoms with van der Waals surface area (Å²) < 4.78 is 50.6. The SMILES string of the molecule is N#CCCNC(=O)CNc1cc(C(F)(F)F)ccc1F. The number of nitrogens with zero attached hydrogens (tertiary/aromatic N) is 1. The number of carbonyl (C=O) groups excluding carboxylic acids is 1. The minimum atomic E-state index is -4.58. The maximum absolute atomic E-state index is 13.3. The first kappa shape index (κ1) is 15.8. The van der Waals surface area contributed by atoms with Crippen LogP contribution in [0.15, 0.2) is 18.2 Å². The molecule has 8 heteroatoms. The fraction of sp³-hybridized carbons (Fsp3) is 0.333. The van der Waals surface area contributed by atoms with Gasteiger partial charge in [0.15, 0.2) is 0 Å². The summed E-state index contributed by atoms with van der Waals surface area (Å²) in [7, 11) is 0. The highest BCUT2D eigenvalue weighted by Gasteiger charge is 2.31. The molecule has 0 fully saturated rings. The van der Waals surface area contributed by atoms with Gasteiger partial charge in [0.2, 0.25) is 5.91 Å². The molecular formula is C12H11F4N3O. The average Bonchev–Trinajstić information content (AvgIpc) is 2.36. The lowest BCUT2D eigenvalue weighted by Gasteiger charge is -2.11. The second-order valence-corrected chi connectivity index (χ2v) is 3.80. The van der Waals surface area contributed by atoms with Crippen molar-refractivity contribution in [1.82, 2.24) is 5.32 Å². The highest BCUT2D eigenvalue weighted by molar-refractivity contribution is 5.80. The molecule has 0 aromatic heterocycles. The Morgan fingerprint density at radius 3 is 2.65 bits per heavy atom. The largest absolute Gasteiger partial charge is 0.416 e. The maximum atomic E-state index is 13.3. The predicted molar refractivity (Wildman–Crippen MR) is 63.1 cm³/mol. The Kier molecular flexibility index (Phi) is 5.32. The molecule has 4 nitrogen and oxygen atoms in total. The second-order valence-electron chi connectivity index (χ2n) is 3.80. The summed E-state index contributed by atoms with van der Waals surface area (Å²) >= 11 is 0. The van der Waals surface area contributed by atoms with E-state index in [-0.39, 0.29) is 19.5 Å². The third-order valence-electron chi connectivity index (χ3n) is 2.29. The van der Waals surface area contributed by atoms with Crippen molar-refractivity contribution in [1.29, 1.82) is 5.26 Å². The molecule has 0 bridgehead atoms. The quantitative estimate of drug-likeness (QED) is 0.645. The summed E-state index contributed by atoms with van der Waals surface area (Å²) in [6.07, 6.45) is -4.47. The number of nitriles is 1. The van der Waals surface area contributed by atoms with Gasteiger partial charge in [-0.2, -0.15) is 18.4 Å². The van der Waals surface area contributed by atoms with Crippen molar-refractivity contribution in [3.8, 4) is 6.07 Å². The van der Waals surface area contributed by atoms with Crippen molar-refractivity contribution >= 4 is 11.6 Å². The summed E-state index contributed by atoms with van der Waals surface area (Å²) in [5.74, 6) is -1.43. The van der Waals surface area contributed by atoms with Crippen LogP contribution in [0, 0.1) is 17.1 Å². The Labute approximate surface area is 112 Å². The molecule has 0 atom stereocenters. The van der Waals surface area contributed by atoms with E-state index in [4.69, 9.17) is 5.26 Å². The van der Waals surface area contributed by atoms with E-state index in [1.54, 1.807) is 0 Å². The van der Waals surface area contributed by atoms with Crippen LogP contribution in [0.1, 0.15) is 12.0 Å². The fourth-order valence-corrected chi connectivity index (χ4v) is 1.33. The molecule has 2 N–H and O–H groups in total. The number of anilines is 1. The first-order chi connectivity index (χ1) is 9.34. The van der Waals surface area contributed by atoms with E-state index in [1.807, 2.05) is 6.07 Å². The average molecular weight is 289 g/mol. The highest BCUT2D eigenvalue weighted by atomic mass is 19.4. The Balaban J connectivity index is 2.64. The molecule has 1 rings (SSSR count). The number of benzene rings is 1. The molecule has 0 aliphatic carbocycles. The van der Waals surface area contributed by atoms with Gasteiger partial charge in [-0.15, -0.1) is 0 Å². The van der Waals surface area contributed by atoms with Gasteiger partial charge in [-0.1, -0.05) is 0 Å². The monoisotopic (exact) mass is 289 g/mol. The van der Waals surface area contributed by atoms with Crippen molar-refractivity contribution in [2.45, 2.75) is 12.6 Å². The van der Waals surface area contributed by atoms with Gasteiger partial charge < -0.3 is 10.6 Å². The zero-order valence-electron chi connectivity index (χ0n) is 10.2. The number of amides is 1. The molecule has 0 spiro atoms. The summed E-state index contributed by atoms with van der Waals surface area (Å²) in [4.78, 5) is 11.3. The predicted octanol–water partition coefficient (Wildman–Crippen LogP) is 2.29. The molecule has 0 aliphatic rings. The molecule has 1 aromatic rings. The van der Waals surface area contributed by atoms with Gasteiger partial charge in [0, 0.05) is 6.54 Å². The Morgan fingerprint density at radius 1 is 1.35 bits per heavy atom. The molecule has 0 saturated carbocycles. The molecular weight excluding hydrogens is 278 g/mol. The van der Waals surface area contributed by atoms with Crippen LogP contribution in [0.25, 0.3) is 0 Å². The van der Waals surface area contributed by atoms with Crippen LogP contribution in [0.2, 0.25) is 0 Å². The lowest BCUT2D eigenvalue weighted by Crippen LogP contribution is -2.30. The third kappa shape index (κ3) is 4.76. The molecule has 1 aromatic carbocycles. The Morgan fingerprint density at radius 2 is 2.05 bits per heavy atom. The van der Waals surface area contributed by atoms with Crippen molar-refractivity contribution in [3.63, 3.8) is 0 Å². The summed E-state index contributed by atoms with van der Waals surface area (Å²) in [6.45, 7) is -0.258. The van der Waals surface area contributed by atoms with E-state index in [2.05, 4.69) is 10.6 Å². The van der Waals surface area contributed by atoms with Crippen LogP contribution in [-0.4, -0.2) is 19.0 Å². The molecule has 20 heavy (non-hydrogen) atoms. The van der Waals surface area contributed by atoms with Crippen LogP contribution in [0.5, 0.6) is 0 Å². The minimum Gasteiger partial charge on any atom is -0.374 e. The number of rotatable bonds is 5. The molecule has 0 saturated heterocycles. The van der Waals surface area contributed by atoms with Crippen molar-refractivity contribution in [2.75, 3.05) is 18.4 Å². The number of alkyl halides is 3. The van der Waals surface area contributed by atoms with Crippen LogP contribution < -0.4 is 10.6 Å². The van der Waals surface area contributed by atoms with E-state index < -0.39 is 29.2 Å². The van der Waals surface area contributed by atoms with Gasteiger partial charge in [-0.25, -0.2) is 4.39 Å². The van der Waals surface area contributed by atoms with Crippen LogP contribution in [-0.2, 0) is 11.0 Å². The highest BCUT2D eigenvalue weighted by Crippen LogP contribution is 2.31. The number of carbonyl (C=O) groups is 1. The topological polar surface area (TPSA) is 64.9 Å². The molecule has 108 valence electrons. The standard InChI is InChI=1S/C12H11F4N3O/c13-9-3-2-8(12(14,15)16)6-10(9)19-7-11(20)18-5-1-4-17/h2-3,6,19H,1,5,7H2,(H,18,20). The van der Waals surface area contributed by atoms with Gasteiger partial charge in [0.1, 0.15) is 5.82 Å². The normalized spacial score (nSPS) is 10.8. The van der Waals surface area contributed by atoms with Gasteiger partial charge in [-0.05, 0) is 18.2 Å². The summed E-state index contributed by atoms with van der Waals surface area (Å²) in [5.41, 5.74) is -1.42.